The maximum Gasteiger partial charge on any atom is 0.414 e. The van der Waals surface area contributed by atoms with Gasteiger partial charge in [-0.05, 0) is 38.5 Å². The summed E-state index contributed by atoms with van der Waals surface area (Å²) in [4.78, 5) is 38.9. The second kappa shape index (κ2) is 10.5. The van der Waals surface area contributed by atoms with Crippen molar-refractivity contribution < 1.29 is 32.6 Å². The molecule has 2 atom stereocenters. The number of nitrogens with zero attached hydrogens (tertiary/aromatic N) is 3. The van der Waals surface area contributed by atoms with Gasteiger partial charge in [-0.1, -0.05) is 12.1 Å². The number of aryl methyl sites for hydroxylation is 1. The minimum atomic E-state index is -4.63. The molecule has 0 saturated carbocycles. The second-order valence-electron chi connectivity index (χ2n) is 9.20. The lowest BCUT2D eigenvalue weighted by Gasteiger charge is -2.30. The normalized spacial score (nSPS) is 17.9. The van der Waals surface area contributed by atoms with Crippen LogP contribution >= 0.6 is 11.8 Å². The van der Waals surface area contributed by atoms with Gasteiger partial charge in [0.1, 0.15) is 17.2 Å². The van der Waals surface area contributed by atoms with Crippen molar-refractivity contribution in [2.45, 2.75) is 49.2 Å². The third kappa shape index (κ3) is 5.99. The molecule has 3 N–H and O–H groups in total. The van der Waals surface area contributed by atoms with Gasteiger partial charge in [-0.2, -0.15) is 13.5 Å². The molecule has 196 valence electrons. The van der Waals surface area contributed by atoms with Crippen molar-refractivity contribution in [2.24, 2.45) is 0 Å². The van der Waals surface area contributed by atoms with E-state index in [1.807, 2.05) is 13.8 Å². The molecule has 1 saturated heterocycles. The first-order chi connectivity index (χ1) is 16.7. The molecule has 0 unspecified atom stereocenters. The van der Waals surface area contributed by atoms with Crippen LogP contribution in [-0.2, 0) is 26.0 Å². The van der Waals surface area contributed by atoms with Gasteiger partial charge in [-0.25, -0.2) is 13.9 Å². The lowest BCUT2D eigenvalue weighted by Crippen LogP contribution is -2.55. The number of nitrogens with one attached hydrogen (secondary N) is 2. The number of carbonyl (C=O) groups is 3. The summed E-state index contributed by atoms with van der Waals surface area (Å²) in [7, 11) is -1.57. The minimum absolute atomic E-state index is 0.228. The summed E-state index contributed by atoms with van der Waals surface area (Å²) in [6, 6.07) is 4.19. The highest BCUT2D eigenvalue weighted by atomic mass is 32.2. The van der Waals surface area contributed by atoms with Crippen LogP contribution in [0.15, 0.2) is 35.5 Å². The van der Waals surface area contributed by atoms with E-state index in [4.69, 9.17) is 4.74 Å². The van der Waals surface area contributed by atoms with Crippen molar-refractivity contribution in [1.82, 2.24) is 24.7 Å². The molecule has 2 amide bonds. The van der Waals surface area contributed by atoms with Gasteiger partial charge in [0.05, 0.1) is 0 Å². The quantitative estimate of drug-likeness (QED) is 0.447. The van der Waals surface area contributed by atoms with E-state index < -0.39 is 50.0 Å². The predicted molar refractivity (Wildman–Crippen MR) is 132 cm³/mol. The summed E-state index contributed by atoms with van der Waals surface area (Å²) in [5.41, 5.74) is 0.226. The van der Waals surface area contributed by atoms with Crippen LogP contribution < -0.4 is 10.1 Å². The first-order valence-electron chi connectivity index (χ1n) is 10.9. The molecule has 0 aliphatic carbocycles. The van der Waals surface area contributed by atoms with Crippen molar-refractivity contribution in [3.63, 3.8) is 0 Å². The summed E-state index contributed by atoms with van der Waals surface area (Å²) in [6.45, 7) is 5.22. The fourth-order valence-corrected chi connectivity index (χ4v) is 6.54. The van der Waals surface area contributed by atoms with Gasteiger partial charge in [-0.15, -0.1) is 11.8 Å². The Morgan fingerprint density at radius 1 is 1.25 bits per heavy atom. The fraction of sp³-hybridized carbons (Fsp3) is 0.455. The molecule has 0 radical (unpaired) electrons. The summed E-state index contributed by atoms with van der Waals surface area (Å²) >= 11 is 1.21. The maximum atomic E-state index is 13.6. The topological polar surface area (TPSA) is 162 Å². The van der Waals surface area contributed by atoms with Crippen molar-refractivity contribution >= 4 is 39.8 Å². The van der Waals surface area contributed by atoms with E-state index in [0.717, 1.165) is 0 Å². The molecular formula is C22H29N5O7S2. The number of ether oxygens (including phenoxy) is 1. The van der Waals surface area contributed by atoms with Gasteiger partial charge in [0, 0.05) is 43.6 Å². The lowest BCUT2D eigenvalue weighted by molar-refractivity contribution is -0.146. The van der Waals surface area contributed by atoms with Gasteiger partial charge >= 0.3 is 12.1 Å². The average molecular weight is 540 g/mol. The van der Waals surface area contributed by atoms with Crippen molar-refractivity contribution in [3.05, 3.63) is 41.6 Å². The number of carboxylic acid groups (broad SMARTS) is 1. The highest BCUT2D eigenvalue weighted by Gasteiger charge is 2.47. The van der Waals surface area contributed by atoms with Crippen LogP contribution in [0.25, 0.3) is 0 Å². The van der Waals surface area contributed by atoms with Crippen LogP contribution in [0.5, 0.6) is 5.75 Å². The smallest absolute Gasteiger partial charge is 0.414 e. The number of thioether (sulfide) groups is 1. The number of carbonyl (C=O) groups excluding carboxylic acids is 2. The number of carboxylic acids is 1. The van der Waals surface area contributed by atoms with Crippen LogP contribution in [0.1, 0.15) is 25.0 Å². The first-order valence-corrected chi connectivity index (χ1v) is 13.4. The van der Waals surface area contributed by atoms with Crippen molar-refractivity contribution in [2.75, 3.05) is 19.8 Å². The SMILES string of the molecule is Cc1c[nH]nc1S(=O)(=O)N(C(=O)[C@H]1NC(C)(C)CS1)[C@@H](Cc1ccc(OC(=O)N(C)C)cc1)C(=O)O. The van der Waals surface area contributed by atoms with E-state index >= 15 is 0 Å². The number of hydrogen-bond acceptors (Lipinski definition) is 9. The number of aliphatic carboxylic acids is 1. The zero-order valence-electron chi connectivity index (χ0n) is 20.5. The van der Waals surface area contributed by atoms with Gasteiger partial charge < -0.3 is 14.7 Å². The van der Waals surface area contributed by atoms with Gasteiger partial charge in [-0.3, -0.25) is 15.2 Å². The van der Waals surface area contributed by atoms with Crippen LogP contribution in [-0.4, -0.2) is 87.7 Å². The van der Waals surface area contributed by atoms with Crippen LogP contribution in [0.2, 0.25) is 0 Å². The van der Waals surface area contributed by atoms with Gasteiger partial charge in [0.2, 0.25) is 0 Å². The largest absolute Gasteiger partial charge is 0.480 e. The molecule has 1 aromatic heterocycles. The Bertz CT molecular complexity index is 1240. The zero-order valence-corrected chi connectivity index (χ0v) is 22.1. The Labute approximate surface area is 213 Å². The Kier molecular flexibility index (Phi) is 8.00. The Hall–Kier alpha value is -3.10. The molecule has 2 aromatic rings. The molecule has 14 heteroatoms. The number of H-pyrrole nitrogens is 1. The third-order valence-electron chi connectivity index (χ3n) is 5.35. The molecule has 1 aromatic carbocycles. The van der Waals surface area contributed by atoms with Crippen LogP contribution in [0.3, 0.4) is 0 Å². The van der Waals surface area contributed by atoms with Crippen LogP contribution in [0.4, 0.5) is 4.79 Å². The highest BCUT2D eigenvalue weighted by molar-refractivity contribution is 8.01. The number of hydrogen-bond donors (Lipinski definition) is 3. The minimum Gasteiger partial charge on any atom is -0.480 e. The van der Waals surface area contributed by atoms with Crippen molar-refractivity contribution in [1.29, 1.82) is 0 Å². The van der Waals surface area contributed by atoms with E-state index in [0.29, 0.717) is 15.6 Å². The van der Waals surface area contributed by atoms with Gasteiger partial charge in [0.15, 0.2) is 5.03 Å². The van der Waals surface area contributed by atoms with Crippen molar-refractivity contribution in [3.8, 4) is 5.75 Å². The third-order valence-corrected chi connectivity index (χ3v) is 8.75. The number of aromatic amines is 1. The van der Waals surface area contributed by atoms with E-state index in [1.54, 1.807) is 0 Å². The van der Waals surface area contributed by atoms with Crippen LogP contribution in [0, 0.1) is 6.92 Å². The van der Waals surface area contributed by atoms with E-state index in [9.17, 15) is 27.9 Å². The van der Waals surface area contributed by atoms with E-state index in [-0.39, 0.29) is 17.7 Å². The second-order valence-corrected chi connectivity index (χ2v) is 12.0. The highest BCUT2D eigenvalue weighted by Crippen LogP contribution is 2.31. The zero-order chi connectivity index (χ0) is 26.8. The Balaban J connectivity index is 1.97. The molecule has 0 bridgehead atoms. The molecule has 0 spiro atoms. The maximum absolute atomic E-state index is 13.6. The Morgan fingerprint density at radius 3 is 2.36 bits per heavy atom. The van der Waals surface area contributed by atoms with E-state index in [2.05, 4.69) is 15.5 Å². The molecule has 36 heavy (non-hydrogen) atoms. The molecule has 1 aliphatic heterocycles. The Morgan fingerprint density at radius 2 is 1.89 bits per heavy atom. The number of amides is 2. The molecule has 1 fully saturated rings. The number of aromatic nitrogens is 2. The number of rotatable bonds is 8. The first kappa shape index (κ1) is 27.5. The monoisotopic (exact) mass is 539 g/mol. The molecule has 1 aliphatic rings. The lowest BCUT2D eigenvalue weighted by atomic mass is 10.1. The summed E-state index contributed by atoms with van der Waals surface area (Å²) in [5, 5.41) is 18.0. The number of sulfonamides is 1. The van der Waals surface area contributed by atoms with Gasteiger partial charge in [0.25, 0.3) is 15.9 Å². The molecule has 2 heterocycles. The summed E-state index contributed by atoms with van der Waals surface area (Å²) in [5.74, 6) is -1.63. The predicted octanol–water partition coefficient (Wildman–Crippen LogP) is 1.43. The summed E-state index contributed by atoms with van der Waals surface area (Å²) < 4.78 is 32.8. The van der Waals surface area contributed by atoms with E-state index in [1.165, 1.54) is 68.1 Å². The fourth-order valence-electron chi connectivity index (χ4n) is 3.49. The summed E-state index contributed by atoms with van der Waals surface area (Å²) in [6.07, 6.45) is 0.449. The number of benzene rings is 1. The molecule has 3 rings (SSSR count). The average Bonchev–Trinajstić information content (AvgIpc) is 3.39. The standard InChI is InChI=1S/C22H29N5O7S2/c1-13-11-23-25-18(13)36(32,33)27(19(28)17-24-22(2,3)12-35-17)16(20(29)30)10-14-6-8-15(9-7-14)34-21(31)26(4)5/h6-9,11,16-17,24H,10,12H2,1-5H3,(H,23,25)(H,29,30)/t16-,17-/m0/s1. The molecular weight excluding hydrogens is 510 g/mol. The molecule has 12 nitrogen and oxygen atoms in total.